The zero-order valence-electron chi connectivity index (χ0n) is 10.3. The second kappa shape index (κ2) is 6.22. The highest BCUT2D eigenvalue weighted by Gasteiger charge is 2.14. The first-order valence-corrected chi connectivity index (χ1v) is 6.38. The summed E-state index contributed by atoms with van der Waals surface area (Å²) in [6.45, 7) is 6.66. The monoisotopic (exact) mass is 244 g/mol. The van der Waals surface area contributed by atoms with E-state index in [0.29, 0.717) is 12.6 Å². The van der Waals surface area contributed by atoms with Gasteiger partial charge in [-0.1, -0.05) is 11.8 Å². The van der Waals surface area contributed by atoms with Crippen molar-refractivity contribution in [3.63, 3.8) is 0 Å². The topological polar surface area (TPSA) is 66.0 Å². The van der Waals surface area contributed by atoms with Crippen LogP contribution < -0.4 is 5.73 Å². The predicted molar refractivity (Wildman–Crippen MR) is 65.5 cm³/mol. The summed E-state index contributed by atoms with van der Waals surface area (Å²) in [5.41, 5.74) is 5.63. The van der Waals surface area contributed by atoms with Crippen molar-refractivity contribution in [3.05, 3.63) is 5.82 Å². The smallest absolute Gasteiger partial charge is 0.191 e. The molecule has 1 heterocycles. The summed E-state index contributed by atoms with van der Waals surface area (Å²) >= 11 is 1.65. The van der Waals surface area contributed by atoms with Gasteiger partial charge in [0.1, 0.15) is 5.82 Å². The van der Waals surface area contributed by atoms with Gasteiger partial charge >= 0.3 is 0 Å². The fourth-order valence-electron chi connectivity index (χ4n) is 1.32. The Morgan fingerprint density at radius 2 is 2.06 bits per heavy atom. The van der Waals surface area contributed by atoms with Crippen LogP contribution in [0.2, 0.25) is 0 Å². The highest BCUT2D eigenvalue weighted by Crippen LogP contribution is 2.22. The summed E-state index contributed by atoms with van der Waals surface area (Å²) in [5.74, 6) is 1.70. The van der Waals surface area contributed by atoms with E-state index in [2.05, 4.69) is 28.6 Å². The fourth-order valence-corrected chi connectivity index (χ4v) is 2.40. The third-order valence-electron chi connectivity index (χ3n) is 2.28. The van der Waals surface area contributed by atoms with Gasteiger partial charge in [-0.25, -0.2) is 0 Å². The van der Waals surface area contributed by atoms with Gasteiger partial charge in [0.05, 0.1) is 12.6 Å². The third kappa shape index (κ3) is 3.20. The van der Waals surface area contributed by atoms with Gasteiger partial charge in [-0.05, 0) is 20.8 Å². The summed E-state index contributed by atoms with van der Waals surface area (Å²) < 4.78 is 7.28. The second-order valence-electron chi connectivity index (χ2n) is 3.92. The summed E-state index contributed by atoms with van der Waals surface area (Å²) in [4.78, 5) is 0. The Morgan fingerprint density at radius 1 is 1.38 bits per heavy atom. The summed E-state index contributed by atoms with van der Waals surface area (Å²) in [6, 6.07) is 0.328. The zero-order valence-corrected chi connectivity index (χ0v) is 11.1. The van der Waals surface area contributed by atoms with Gasteiger partial charge in [0.15, 0.2) is 5.16 Å². The molecule has 6 heteroatoms. The van der Waals surface area contributed by atoms with Gasteiger partial charge in [-0.3, -0.25) is 0 Å². The number of nitrogens with zero attached hydrogens (tertiary/aromatic N) is 3. The van der Waals surface area contributed by atoms with Gasteiger partial charge in [0.2, 0.25) is 0 Å². The molecule has 0 aliphatic heterocycles. The van der Waals surface area contributed by atoms with Crippen LogP contribution in [0.25, 0.3) is 0 Å². The van der Waals surface area contributed by atoms with Crippen LogP contribution in [-0.2, 0) is 11.3 Å². The summed E-state index contributed by atoms with van der Waals surface area (Å²) in [5, 5.41) is 9.16. The molecule has 1 atom stereocenters. The van der Waals surface area contributed by atoms with Crippen molar-refractivity contribution in [2.45, 2.75) is 44.6 Å². The van der Waals surface area contributed by atoms with Gasteiger partial charge in [0, 0.05) is 18.9 Å². The largest absolute Gasteiger partial charge is 0.381 e. The number of methoxy groups -OCH3 is 1. The molecule has 0 fully saturated rings. The fraction of sp³-hybridized carbons (Fsp3) is 0.800. The Morgan fingerprint density at radius 3 is 2.56 bits per heavy atom. The van der Waals surface area contributed by atoms with Crippen molar-refractivity contribution in [2.75, 3.05) is 12.9 Å². The van der Waals surface area contributed by atoms with Gasteiger partial charge in [-0.15, -0.1) is 10.2 Å². The normalized spacial score (nSPS) is 13.4. The molecule has 1 aromatic rings. The van der Waals surface area contributed by atoms with Crippen LogP contribution in [0.15, 0.2) is 5.16 Å². The first kappa shape index (κ1) is 13.5. The zero-order chi connectivity index (χ0) is 12.1. The first-order valence-electron chi connectivity index (χ1n) is 5.39. The minimum atomic E-state index is 0.212. The molecule has 0 saturated carbocycles. The van der Waals surface area contributed by atoms with E-state index >= 15 is 0 Å². The van der Waals surface area contributed by atoms with Crippen LogP contribution in [-0.4, -0.2) is 33.7 Å². The number of hydrogen-bond donors (Lipinski definition) is 1. The second-order valence-corrected chi connectivity index (χ2v) is 4.91. The number of aromatic nitrogens is 3. The molecule has 0 bridgehead atoms. The Bertz CT molecular complexity index is 327. The van der Waals surface area contributed by atoms with E-state index in [1.807, 2.05) is 6.92 Å². The van der Waals surface area contributed by atoms with E-state index in [1.165, 1.54) is 0 Å². The number of thioether (sulfide) groups is 1. The number of rotatable bonds is 6. The van der Waals surface area contributed by atoms with Crippen LogP contribution in [0.3, 0.4) is 0 Å². The average Bonchev–Trinajstić information content (AvgIpc) is 2.68. The molecule has 0 radical (unpaired) electrons. The highest BCUT2D eigenvalue weighted by molar-refractivity contribution is 7.99. The number of ether oxygens (including phenoxy) is 1. The van der Waals surface area contributed by atoms with Crippen molar-refractivity contribution in [3.8, 4) is 0 Å². The maximum absolute atomic E-state index is 5.63. The maximum Gasteiger partial charge on any atom is 0.191 e. The first-order chi connectivity index (χ1) is 7.60. The standard InChI is InChI=1S/C10H20N4OS/c1-7(2)14-9(5-11)12-13-10(14)16-6-8(3)15-4/h7-8H,5-6,11H2,1-4H3. The van der Waals surface area contributed by atoms with E-state index in [9.17, 15) is 0 Å². The lowest BCUT2D eigenvalue weighted by atomic mass is 10.4. The van der Waals surface area contributed by atoms with Crippen LogP contribution >= 0.6 is 11.8 Å². The lowest BCUT2D eigenvalue weighted by Gasteiger charge is -2.14. The van der Waals surface area contributed by atoms with E-state index in [0.717, 1.165) is 16.7 Å². The van der Waals surface area contributed by atoms with E-state index in [-0.39, 0.29) is 6.10 Å². The van der Waals surface area contributed by atoms with Crippen molar-refractivity contribution in [2.24, 2.45) is 5.73 Å². The van der Waals surface area contributed by atoms with Crippen LogP contribution in [0.5, 0.6) is 0 Å². The number of hydrogen-bond acceptors (Lipinski definition) is 5. The molecule has 1 aromatic heterocycles. The predicted octanol–water partition coefficient (Wildman–Crippen LogP) is 1.44. The molecular weight excluding hydrogens is 224 g/mol. The molecule has 16 heavy (non-hydrogen) atoms. The summed E-state index contributed by atoms with van der Waals surface area (Å²) in [6.07, 6.45) is 0.212. The Kier molecular flexibility index (Phi) is 5.24. The third-order valence-corrected chi connectivity index (χ3v) is 3.46. The molecule has 5 nitrogen and oxygen atoms in total. The molecule has 0 saturated heterocycles. The molecule has 0 aromatic carbocycles. The minimum absolute atomic E-state index is 0.212. The van der Waals surface area contributed by atoms with Crippen molar-refractivity contribution in [1.82, 2.24) is 14.8 Å². The Hall–Kier alpha value is -0.590. The molecular formula is C10H20N4OS. The SMILES string of the molecule is COC(C)CSc1nnc(CN)n1C(C)C. The maximum atomic E-state index is 5.63. The molecule has 1 rings (SSSR count). The Labute approximate surface area is 101 Å². The highest BCUT2D eigenvalue weighted by atomic mass is 32.2. The van der Waals surface area contributed by atoms with Gasteiger partial charge in [0.25, 0.3) is 0 Å². The van der Waals surface area contributed by atoms with Crippen LogP contribution in [0, 0.1) is 0 Å². The van der Waals surface area contributed by atoms with Crippen LogP contribution in [0.4, 0.5) is 0 Å². The van der Waals surface area contributed by atoms with Gasteiger partial charge < -0.3 is 15.0 Å². The van der Waals surface area contributed by atoms with Crippen molar-refractivity contribution < 1.29 is 4.74 Å². The lowest BCUT2D eigenvalue weighted by Crippen LogP contribution is -2.13. The lowest BCUT2D eigenvalue weighted by molar-refractivity contribution is 0.137. The molecule has 2 N–H and O–H groups in total. The molecule has 0 spiro atoms. The van der Waals surface area contributed by atoms with E-state index < -0.39 is 0 Å². The minimum Gasteiger partial charge on any atom is -0.381 e. The molecule has 0 amide bonds. The number of nitrogens with two attached hydrogens (primary N) is 1. The van der Waals surface area contributed by atoms with Crippen LogP contribution in [0.1, 0.15) is 32.6 Å². The van der Waals surface area contributed by atoms with Crippen molar-refractivity contribution >= 4 is 11.8 Å². The van der Waals surface area contributed by atoms with E-state index in [1.54, 1.807) is 18.9 Å². The Balaban J connectivity index is 2.75. The average molecular weight is 244 g/mol. The quantitative estimate of drug-likeness (QED) is 0.767. The van der Waals surface area contributed by atoms with E-state index in [4.69, 9.17) is 10.5 Å². The molecule has 92 valence electrons. The van der Waals surface area contributed by atoms with Gasteiger partial charge in [-0.2, -0.15) is 0 Å². The molecule has 1 unspecified atom stereocenters. The van der Waals surface area contributed by atoms with Crippen molar-refractivity contribution in [1.29, 1.82) is 0 Å². The molecule has 0 aliphatic rings. The molecule has 0 aliphatic carbocycles. The summed E-state index contributed by atoms with van der Waals surface area (Å²) in [7, 11) is 1.71.